The Kier molecular flexibility index (Phi) is 4.73. The van der Waals surface area contributed by atoms with Crippen molar-refractivity contribution in [2.75, 3.05) is 0 Å². The molecule has 0 aliphatic carbocycles. The quantitative estimate of drug-likeness (QED) is 0.624. The van der Waals surface area contributed by atoms with E-state index in [9.17, 15) is 4.79 Å². The van der Waals surface area contributed by atoms with Gasteiger partial charge in [0.25, 0.3) is 0 Å². The fourth-order valence-electron chi connectivity index (χ4n) is 0.612. The number of allylic oxidation sites excluding steroid dienone is 2. The molecule has 0 aromatic rings. The van der Waals surface area contributed by atoms with Gasteiger partial charge in [0.15, 0.2) is 0 Å². The molecule has 0 spiro atoms. The average molecular weight is 153 g/mol. The molecule has 0 rings (SSSR count). The van der Waals surface area contributed by atoms with E-state index in [0.29, 0.717) is 5.71 Å². The summed E-state index contributed by atoms with van der Waals surface area (Å²) in [4.78, 5) is 14.0. The van der Waals surface area contributed by atoms with Gasteiger partial charge in [0.2, 0.25) is 0 Å². The Labute approximate surface area is 65.8 Å². The molecule has 0 aliphatic heterocycles. The van der Waals surface area contributed by atoms with Crippen molar-refractivity contribution in [3.05, 3.63) is 24.9 Å². The van der Waals surface area contributed by atoms with Crippen molar-refractivity contribution in [1.29, 1.82) is 0 Å². The van der Waals surface area contributed by atoms with Crippen LogP contribution in [0.15, 0.2) is 29.9 Å². The lowest BCUT2D eigenvalue weighted by molar-refractivity contribution is -0.135. The van der Waals surface area contributed by atoms with Gasteiger partial charge in [-0.1, -0.05) is 12.7 Å². The summed E-state index contributed by atoms with van der Waals surface area (Å²) in [7, 11) is 0. The van der Waals surface area contributed by atoms with Crippen molar-refractivity contribution < 1.29 is 9.90 Å². The highest BCUT2D eigenvalue weighted by atomic mass is 16.4. The summed E-state index contributed by atoms with van der Waals surface area (Å²) in [5.41, 5.74) is 0.509. The summed E-state index contributed by atoms with van der Waals surface area (Å²) in [6.07, 6.45) is 4.66. The minimum Gasteiger partial charge on any atom is -0.481 e. The van der Waals surface area contributed by atoms with Gasteiger partial charge in [-0.25, -0.2) is 0 Å². The highest BCUT2D eigenvalue weighted by Gasteiger charge is 1.99. The number of carboxylic acid groups (broad SMARTS) is 1. The number of nitrogens with zero attached hydrogens (tertiary/aromatic N) is 1. The third-order valence-corrected chi connectivity index (χ3v) is 0.949. The van der Waals surface area contributed by atoms with Crippen LogP contribution in [0, 0.1) is 0 Å². The number of aliphatic carboxylic acids is 1. The van der Waals surface area contributed by atoms with Gasteiger partial charge in [-0.05, 0) is 13.0 Å². The molecule has 1 N–H and O–H groups in total. The van der Waals surface area contributed by atoms with Gasteiger partial charge in [-0.2, -0.15) is 0 Å². The van der Waals surface area contributed by atoms with E-state index in [0.717, 1.165) is 0 Å². The van der Waals surface area contributed by atoms with E-state index in [1.807, 2.05) is 0 Å². The van der Waals surface area contributed by atoms with Crippen LogP contribution in [0.1, 0.15) is 13.3 Å². The summed E-state index contributed by atoms with van der Waals surface area (Å²) in [5, 5.41) is 8.39. The minimum absolute atomic E-state index is 0.0592. The molecule has 0 heterocycles. The van der Waals surface area contributed by atoms with Crippen LogP contribution in [0.5, 0.6) is 0 Å². The number of hydrogen-bond acceptors (Lipinski definition) is 2. The third-order valence-electron chi connectivity index (χ3n) is 0.949. The summed E-state index contributed by atoms with van der Waals surface area (Å²) < 4.78 is 0. The molecule has 11 heavy (non-hydrogen) atoms. The summed E-state index contributed by atoms with van der Waals surface area (Å²) in [5.74, 6) is -0.885. The molecule has 0 saturated heterocycles. The van der Waals surface area contributed by atoms with Crippen LogP contribution in [0.25, 0.3) is 0 Å². The Balaban J connectivity index is 4.22. The van der Waals surface area contributed by atoms with E-state index in [2.05, 4.69) is 11.6 Å². The molecule has 0 unspecified atom stereocenters. The van der Waals surface area contributed by atoms with Crippen LogP contribution in [0.3, 0.4) is 0 Å². The lowest BCUT2D eigenvalue weighted by Gasteiger charge is -1.92. The van der Waals surface area contributed by atoms with Crippen LogP contribution in [-0.4, -0.2) is 16.8 Å². The van der Waals surface area contributed by atoms with Crippen molar-refractivity contribution in [3.63, 3.8) is 0 Å². The molecule has 0 saturated carbocycles. The van der Waals surface area contributed by atoms with Crippen LogP contribution in [-0.2, 0) is 4.79 Å². The molecule has 0 amide bonds. The zero-order valence-corrected chi connectivity index (χ0v) is 6.45. The van der Waals surface area contributed by atoms with Crippen molar-refractivity contribution in [2.24, 2.45) is 4.99 Å². The zero-order valence-electron chi connectivity index (χ0n) is 6.45. The van der Waals surface area contributed by atoms with Gasteiger partial charge in [0.1, 0.15) is 0 Å². The maximum atomic E-state index is 10.2. The standard InChI is InChI=1S/C8H11NO2/c1-3-5-7(9-4-2)6-8(10)11/h3-5H,2,6H2,1H3,(H,10,11)/b5-3-,9-7?. The van der Waals surface area contributed by atoms with Crippen LogP contribution >= 0.6 is 0 Å². The predicted octanol–water partition coefficient (Wildman–Crippen LogP) is 1.62. The first-order valence-corrected chi connectivity index (χ1v) is 3.22. The molecule has 3 heteroatoms. The van der Waals surface area contributed by atoms with Gasteiger partial charge in [0, 0.05) is 6.20 Å². The number of carboxylic acids is 1. The largest absolute Gasteiger partial charge is 0.481 e. The molecule has 0 aromatic heterocycles. The Bertz CT molecular complexity index is 204. The summed E-state index contributed by atoms with van der Waals surface area (Å²) in [6, 6.07) is 0. The first-order chi connectivity index (χ1) is 5.20. The average Bonchev–Trinajstić information content (AvgIpc) is 1.87. The SMILES string of the molecule is C=CN=C(/C=C\C)CC(=O)O. The minimum atomic E-state index is -0.885. The van der Waals surface area contributed by atoms with Gasteiger partial charge in [-0.3, -0.25) is 9.79 Å². The zero-order chi connectivity index (χ0) is 8.69. The summed E-state index contributed by atoms with van der Waals surface area (Å²) in [6.45, 7) is 5.18. The van der Waals surface area contributed by atoms with Gasteiger partial charge >= 0.3 is 5.97 Å². The second kappa shape index (κ2) is 5.41. The first kappa shape index (κ1) is 9.62. The fraction of sp³-hybridized carbons (Fsp3) is 0.250. The second-order valence-corrected chi connectivity index (χ2v) is 1.87. The molecule has 0 bridgehead atoms. The smallest absolute Gasteiger partial charge is 0.309 e. The second-order valence-electron chi connectivity index (χ2n) is 1.87. The van der Waals surface area contributed by atoms with Crippen molar-refractivity contribution in [3.8, 4) is 0 Å². The molecule has 0 fully saturated rings. The first-order valence-electron chi connectivity index (χ1n) is 3.22. The Morgan fingerprint density at radius 1 is 1.73 bits per heavy atom. The monoisotopic (exact) mass is 153 g/mol. The number of carbonyl (C=O) groups is 1. The molecule has 0 radical (unpaired) electrons. The van der Waals surface area contributed by atoms with Crippen LogP contribution in [0.2, 0.25) is 0 Å². The maximum Gasteiger partial charge on any atom is 0.309 e. The molecular weight excluding hydrogens is 142 g/mol. The lowest BCUT2D eigenvalue weighted by Crippen LogP contribution is -2.03. The van der Waals surface area contributed by atoms with Gasteiger partial charge in [-0.15, -0.1) is 0 Å². The van der Waals surface area contributed by atoms with E-state index in [-0.39, 0.29) is 6.42 Å². The van der Waals surface area contributed by atoms with Crippen molar-refractivity contribution >= 4 is 11.7 Å². The lowest BCUT2D eigenvalue weighted by atomic mass is 10.2. The topological polar surface area (TPSA) is 49.7 Å². The fourth-order valence-corrected chi connectivity index (χ4v) is 0.612. The van der Waals surface area contributed by atoms with E-state index in [1.165, 1.54) is 6.20 Å². The Morgan fingerprint density at radius 3 is 2.73 bits per heavy atom. The normalized spacial score (nSPS) is 11.9. The molecule has 3 nitrogen and oxygen atoms in total. The third kappa shape index (κ3) is 5.08. The Hall–Kier alpha value is -1.38. The molecule has 0 atom stereocenters. The van der Waals surface area contributed by atoms with Crippen LogP contribution in [0.4, 0.5) is 0 Å². The number of hydrogen-bond donors (Lipinski definition) is 1. The molecule has 0 aromatic carbocycles. The predicted molar refractivity (Wildman–Crippen MR) is 44.7 cm³/mol. The highest BCUT2D eigenvalue weighted by molar-refractivity contribution is 6.05. The van der Waals surface area contributed by atoms with E-state index >= 15 is 0 Å². The van der Waals surface area contributed by atoms with E-state index in [4.69, 9.17) is 5.11 Å². The van der Waals surface area contributed by atoms with Gasteiger partial charge in [0.05, 0.1) is 12.1 Å². The molecule has 60 valence electrons. The van der Waals surface area contributed by atoms with Crippen molar-refractivity contribution in [2.45, 2.75) is 13.3 Å². The van der Waals surface area contributed by atoms with Crippen molar-refractivity contribution in [1.82, 2.24) is 0 Å². The van der Waals surface area contributed by atoms with E-state index in [1.54, 1.807) is 19.1 Å². The van der Waals surface area contributed by atoms with Gasteiger partial charge < -0.3 is 5.11 Å². The Morgan fingerprint density at radius 2 is 2.36 bits per heavy atom. The number of aliphatic imine (C=N–C) groups is 1. The maximum absolute atomic E-state index is 10.2. The number of rotatable bonds is 4. The summed E-state index contributed by atoms with van der Waals surface area (Å²) >= 11 is 0. The van der Waals surface area contributed by atoms with Crippen LogP contribution < -0.4 is 0 Å². The molecular formula is C8H11NO2. The molecule has 0 aliphatic rings. The highest BCUT2D eigenvalue weighted by Crippen LogP contribution is 1.90. The van der Waals surface area contributed by atoms with E-state index < -0.39 is 5.97 Å².